The molecule has 0 saturated carbocycles. The Bertz CT molecular complexity index is 38.1. The summed E-state index contributed by atoms with van der Waals surface area (Å²) in [6.45, 7) is 0. The summed E-state index contributed by atoms with van der Waals surface area (Å²) in [7, 11) is -5.08. The molecule has 0 atom stereocenters. The molecule has 3 N–H and O–H groups in total. The second kappa shape index (κ2) is 36.0. The Morgan fingerprint density at radius 1 is 0.692 bits per heavy atom. The van der Waals surface area contributed by atoms with Gasteiger partial charge in [0.2, 0.25) is 0 Å². The third kappa shape index (κ3) is 186. The van der Waals surface area contributed by atoms with Crippen LogP contribution in [0.4, 0.5) is 0 Å². The van der Waals surface area contributed by atoms with Gasteiger partial charge in [-0.2, -0.15) is 0 Å². The van der Waals surface area contributed by atoms with E-state index in [1.165, 1.54) is 0 Å². The Kier molecular flexibility index (Phi) is 120. The number of hydrogen-bond donors (Lipinski definition) is 3. The SMILES string of the molecule is OB(O)O.[Cl-].[Na+].[Na+].[Na+].[Na+].[O-]B([O-])[O-]. The van der Waals surface area contributed by atoms with E-state index in [2.05, 4.69) is 0 Å². The summed E-state index contributed by atoms with van der Waals surface area (Å²) in [6.07, 6.45) is 0. The van der Waals surface area contributed by atoms with Gasteiger partial charge in [0.25, 0.3) is 0 Å². The van der Waals surface area contributed by atoms with Crippen LogP contribution in [0.1, 0.15) is 0 Å². The molecule has 0 aromatic rings. The van der Waals surface area contributed by atoms with Crippen LogP contribution in [0.25, 0.3) is 0 Å². The van der Waals surface area contributed by atoms with E-state index in [9.17, 15) is 0 Å². The van der Waals surface area contributed by atoms with Crippen LogP contribution in [-0.2, 0) is 0 Å². The predicted octanol–water partition coefficient (Wildman–Crippen LogP) is -21.0. The zero-order chi connectivity index (χ0) is 7.15. The van der Waals surface area contributed by atoms with Crippen LogP contribution in [0.2, 0.25) is 0 Å². The molecule has 13 heteroatoms. The number of hydrogen-bond acceptors (Lipinski definition) is 6. The molecule has 13 heavy (non-hydrogen) atoms. The minimum Gasteiger partial charge on any atom is -1.00 e. The summed E-state index contributed by atoms with van der Waals surface area (Å²) in [4.78, 5) is 0. The van der Waals surface area contributed by atoms with Crippen molar-refractivity contribution in [3.05, 3.63) is 0 Å². The van der Waals surface area contributed by atoms with Crippen LogP contribution in [0.3, 0.4) is 0 Å². The number of rotatable bonds is 0. The predicted molar refractivity (Wildman–Crippen MR) is 18.2 cm³/mol. The minimum absolute atomic E-state index is 0. The fourth-order valence-corrected chi connectivity index (χ4v) is 0. The molecule has 0 fully saturated rings. The number of halogens is 1. The summed E-state index contributed by atoms with van der Waals surface area (Å²) in [5, 5.41) is 46.7. The van der Waals surface area contributed by atoms with Crippen molar-refractivity contribution in [1.29, 1.82) is 0 Å². The van der Waals surface area contributed by atoms with Crippen molar-refractivity contribution in [2.75, 3.05) is 0 Å². The van der Waals surface area contributed by atoms with Crippen LogP contribution >= 0.6 is 0 Å². The summed E-state index contributed by atoms with van der Waals surface area (Å²) >= 11 is 0. The van der Waals surface area contributed by atoms with Gasteiger partial charge in [0, 0.05) is 0 Å². The summed E-state index contributed by atoms with van der Waals surface area (Å²) < 4.78 is 0. The van der Waals surface area contributed by atoms with Crippen LogP contribution in [0.5, 0.6) is 0 Å². The van der Waals surface area contributed by atoms with E-state index in [-0.39, 0.29) is 131 Å². The topological polar surface area (TPSA) is 130 Å². The first kappa shape index (κ1) is 43.4. The van der Waals surface area contributed by atoms with Gasteiger partial charge < -0.3 is 42.6 Å². The van der Waals surface area contributed by atoms with Crippen molar-refractivity contribution in [2.24, 2.45) is 0 Å². The van der Waals surface area contributed by atoms with Crippen LogP contribution in [0.15, 0.2) is 0 Å². The van der Waals surface area contributed by atoms with Gasteiger partial charge in [-0.05, 0) is 0 Å². The van der Waals surface area contributed by atoms with Crippen LogP contribution < -0.4 is 146 Å². The maximum absolute atomic E-state index is 8.42. The molecular formula is H3B2ClNa4O6. The smallest absolute Gasteiger partial charge is 1.00 e. The maximum Gasteiger partial charge on any atom is 1.00 e. The van der Waals surface area contributed by atoms with Gasteiger partial charge in [-0.25, -0.2) is 0 Å². The third-order valence-electron chi connectivity index (χ3n) is 0. The molecule has 56 valence electrons. The molecule has 0 aromatic carbocycles. The fourth-order valence-electron chi connectivity index (χ4n) is 0. The first-order valence-electron chi connectivity index (χ1n) is 1.48. The third-order valence-corrected chi connectivity index (χ3v) is 0. The van der Waals surface area contributed by atoms with E-state index >= 15 is 0 Å². The van der Waals surface area contributed by atoms with Gasteiger partial charge in [0.05, 0.1) is 0 Å². The standard InChI is InChI=1S/BH3O3.BO3.ClH.4Na/c2*2-1(3)4;;;;;/h2-4H;;1H;;;;/q;-3;;4*+1/p-1. The molecule has 0 aliphatic rings. The Balaban J connectivity index is -0.00000000800. The molecule has 0 spiro atoms. The van der Waals surface area contributed by atoms with E-state index in [4.69, 9.17) is 30.1 Å². The van der Waals surface area contributed by atoms with E-state index in [1.54, 1.807) is 0 Å². The zero-order valence-corrected chi connectivity index (χ0v) is 16.9. The molecule has 0 saturated heterocycles. The van der Waals surface area contributed by atoms with Gasteiger partial charge >= 0.3 is 126 Å². The van der Waals surface area contributed by atoms with Gasteiger partial charge in [0.1, 0.15) is 0 Å². The molecule has 0 amide bonds. The molecule has 0 radical (unpaired) electrons. The average Bonchev–Trinajstić information content (AvgIpc) is 1.25. The molecule has 0 unspecified atom stereocenters. The molecule has 0 aliphatic heterocycles. The molecule has 0 aliphatic carbocycles. The van der Waals surface area contributed by atoms with Crippen molar-refractivity contribution >= 4 is 14.6 Å². The average molecular weight is 248 g/mol. The monoisotopic (exact) mass is 248 g/mol. The Labute approximate surface area is 172 Å². The zero-order valence-electron chi connectivity index (χ0n) is 8.10. The van der Waals surface area contributed by atoms with Gasteiger partial charge in [-0.15, -0.1) is 0 Å². The van der Waals surface area contributed by atoms with Crippen molar-refractivity contribution in [1.82, 2.24) is 0 Å². The molecule has 6 nitrogen and oxygen atoms in total. The van der Waals surface area contributed by atoms with E-state index in [1.807, 2.05) is 0 Å². The van der Waals surface area contributed by atoms with E-state index < -0.39 is 14.6 Å². The molecule has 0 rings (SSSR count). The Hall–Kier alpha value is 4.18. The maximum atomic E-state index is 8.42. The summed E-state index contributed by atoms with van der Waals surface area (Å²) in [6, 6.07) is 0. The molecule has 0 aromatic heterocycles. The van der Waals surface area contributed by atoms with Gasteiger partial charge in [0.15, 0.2) is 0 Å². The fraction of sp³-hybridized carbons (Fsp3) is 0. The Morgan fingerprint density at radius 3 is 0.692 bits per heavy atom. The van der Waals surface area contributed by atoms with Gasteiger partial charge in [-0.1, -0.05) is 0 Å². The van der Waals surface area contributed by atoms with Gasteiger partial charge in [-0.3, -0.25) is 7.32 Å². The molecule has 0 bridgehead atoms. The molecular weight excluding hydrogens is 245 g/mol. The summed E-state index contributed by atoms with van der Waals surface area (Å²) in [5.74, 6) is 0. The minimum atomic E-state index is -2.92. The second-order valence-corrected chi connectivity index (χ2v) is 0.635. The largest absolute Gasteiger partial charge is 1.00 e. The summed E-state index contributed by atoms with van der Waals surface area (Å²) in [5.41, 5.74) is 0. The Morgan fingerprint density at radius 2 is 0.692 bits per heavy atom. The van der Waals surface area contributed by atoms with E-state index in [0.717, 1.165) is 0 Å². The van der Waals surface area contributed by atoms with Crippen molar-refractivity contribution < 1.29 is 161 Å². The quantitative estimate of drug-likeness (QED) is 0.365. The normalized spacial score (nSPS) is 4.15. The van der Waals surface area contributed by atoms with Crippen molar-refractivity contribution in [3.63, 3.8) is 0 Å². The molecule has 0 heterocycles. The van der Waals surface area contributed by atoms with Crippen LogP contribution in [-0.4, -0.2) is 29.7 Å². The first-order chi connectivity index (χ1) is 3.46. The second-order valence-electron chi connectivity index (χ2n) is 0.635. The van der Waals surface area contributed by atoms with Crippen molar-refractivity contribution in [3.8, 4) is 0 Å². The van der Waals surface area contributed by atoms with Crippen molar-refractivity contribution in [2.45, 2.75) is 0 Å². The first-order valence-corrected chi connectivity index (χ1v) is 1.48. The van der Waals surface area contributed by atoms with E-state index in [0.29, 0.717) is 0 Å². The van der Waals surface area contributed by atoms with Crippen LogP contribution in [0, 0.1) is 0 Å².